The molecule has 0 unspecified atom stereocenters. The van der Waals surface area contributed by atoms with Gasteiger partial charge in [0.05, 0.1) is 28.1 Å². The van der Waals surface area contributed by atoms with Crippen molar-refractivity contribution < 1.29 is 26.3 Å². The molecule has 0 spiro atoms. The second-order valence-corrected chi connectivity index (χ2v) is 5.06. The van der Waals surface area contributed by atoms with Crippen molar-refractivity contribution in [2.75, 3.05) is 5.43 Å². The minimum Gasteiger partial charge on any atom is -0.279 e. The van der Waals surface area contributed by atoms with E-state index in [1.54, 1.807) is 30.3 Å². The maximum absolute atomic E-state index is 13.0. The number of anilines is 1. The van der Waals surface area contributed by atoms with Crippen LogP contribution in [0.5, 0.6) is 0 Å². The van der Waals surface area contributed by atoms with Crippen molar-refractivity contribution in [3.63, 3.8) is 0 Å². The fraction of sp³-hybridized carbons (Fsp3) is 0.133. The predicted octanol–water partition coefficient (Wildman–Crippen LogP) is 5.82. The first-order chi connectivity index (χ1) is 11.1. The van der Waals surface area contributed by atoms with E-state index in [0.717, 1.165) is 6.21 Å². The second-order valence-electron chi connectivity index (χ2n) is 4.65. The lowest BCUT2D eigenvalue weighted by molar-refractivity contribution is -0.143. The number of halogens is 7. The minimum atomic E-state index is -5.01. The zero-order valence-electron chi connectivity index (χ0n) is 11.7. The van der Waals surface area contributed by atoms with Crippen LogP contribution in [0.2, 0.25) is 5.02 Å². The molecule has 0 aromatic heterocycles. The normalized spacial score (nSPS) is 12.6. The van der Waals surface area contributed by atoms with Gasteiger partial charge in [-0.3, -0.25) is 5.43 Å². The average Bonchev–Trinajstić information content (AvgIpc) is 2.47. The Morgan fingerprint density at radius 2 is 1.54 bits per heavy atom. The van der Waals surface area contributed by atoms with Crippen molar-refractivity contribution in [2.24, 2.45) is 5.10 Å². The molecular formula is C15H9ClF6N2. The molecule has 2 aromatic rings. The van der Waals surface area contributed by atoms with E-state index in [-0.39, 0.29) is 6.07 Å². The minimum absolute atomic E-state index is 0.00967. The van der Waals surface area contributed by atoms with Gasteiger partial charge in [0.2, 0.25) is 0 Å². The molecule has 128 valence electrons. The van der Waals surface area contributed by atoms with Crippen LogP contribution in [0.25, 0.3) is 0 Å². The summed E-state index contributed by atoms with van der Waals surface area (Å²) in [4.78, 5) is 0. The third kappa shape index (κ3) is 4.41. The van der Waals surface area contributed by atoms with Crippen molar-refractivity contribution in [1.82, 2.24) is 0 Å². The summed E-state index contributed by atoms with van der Waals surface area (Å²) in [6.45, 7) is 0. The van der Waals surface area contributed by atoms with Gasteiger partial charge < -0.3 is 0 Å². The molecule has 0 aliphatic carbocycles. The summed E-state index contributed by atoms with van der Waals surface area (Å²) >= 11 is 5.61. The van der Waals surface area contributed by atoms with Gasteiger partial charge >= 0.3 is 12.4 Å². The maximum Gasteiger partial charge on any atom is 0.417 e. The number of hydrogen-bond donors (Lipinski definition) is 1. The van der Waals surface area contributed by atoms with Gasteiger partial charge in [0, 0.05) is 5.56 Å². The zero-order valence-corrected chi connectivity index (χ0v) is 12.5. The van der Waals surface area contributed by atoms with Gasteiger partial charge in [0.15, 0.2) is 0 Å². The van der Waals surface area contributed by atoms with E-state index in [4.69, 9.17) is 11.6 Å². The topological polar surface area (TPSA) is 24.4 Å². The molecular weight excluding hydrogens is 358 g/mol. The highest BCUT2D eigenvalue weighted by atomic mass is 35.5. The van der Waals surface area contributed by atoms with Gasteiger partial charge in [-0.1, -0.05) is 29.8 Å². The molecule has 2 nitrogen and oxygen atoms in total. The van der Waals surface area contributed by atoms with Gasteiger partial charge in [-0.15, -0.1) is 0 Å². The number of nitrogens with zero attached hydrogens (tertiary/aromatic N) is 1. The summed E-state index contributed by atoms with van der Waals surface area (Å²) in [7, 11) is 0. The van der Waals surface area contributed by atoms with Crippen LogP contribution < -0.4 is 5.43 Å². The highest BCUT2D eigenvalue weighted by molar-refractivity contribution is 6.33. The predicted molar refractivity (Wildman–Crippen MR) is 79.1 cm³/mol. The Labute approximate surface area is 137 Å². The van der Waals surface area contributed by atoms with E-state index in [0.29, 0.717) is 11.8 Å². The van der Waals surface area contributed by atoms with Crippen LogP contribution in [0.3, 0.4) is 0 Å². The van der Waals surface area contributed by atoms with E-state index in [9.17, 15) is 26.3 Å². The summed E-state index contributed by atoms with van der Waals surface area (Å²) in [5, 5.41) is 2.90. The van der Waals surface area contributed by atoms with Crippen LogP contribution in [-0.2, 0) is 12.4 Å². The van der Waals surface area contributed by atoms with Crippen LogP contribution in [0.15, 0.2) is 47.6 Å². The lowest BCUT2D eigenvalue weighted by Crippen LogP contribution is -2.14. The van der Waals surface area contributed by atoms with Crippen molar-refractivity contribution >= 4 is 23.5 Å². The molecule has 0 saturated heterocycles. The van der Waals surface area contributed by atoms with Crippen molar-refractivity contribution in [1.29, 1.82) is 0 Å². The molecule has 0 amide bonds. The van der Waals surface area contributed by atoms with Gasteiger partial charge in [-0.2, -0.15) is 31.4 Å². The summed E-state index contributed by atoms with van der Waals surface area (Å²) in [5.74, 6) is 0. The Morgan fingerprint density at radius 3 is 2.08 bits per heavy atom. The van der Waals surface area contributed by atoms with E-state index in [2.05, 4.69) is 10.5 Å². The lowest BCUT2D eigenvalue weighted by atomic mass is 10.0. The monoisotopic (exact) mass is 366 g/mol. The Morgan fingerprint density at radius 1 is 0.917 bits per heavy atom. The molecule has 2 aromatic carbocycles. The Balaban J connectivity index is 2.41. The van der Waals surface area contributed by atoms with Crippen molar-refractivity contribution in [3.8, 4) is 0 Å². The first-order valence-corrected chi connectivity index (χ1v) is 6.79. The molecule has 0 saturated carbocycles. The second kappa shape index (κ2) is 6.72. The van der Waals surface area contributed by atoms with Gasteiger partial charge in [0.25, 0.3) is 0 Å². The van der Waals surface area contributed by atoms with Crippen LogP contribution >= 0.6 is 11.6 Å². The van der Waals surface area contributed by atoms with E-state index in [1.165, 1.54) is 0 Å². The van der Waals surface area contributed by atoms with Crippen molar-refractivity contribution in [2.45, 2.75) is 12.4 Å². The molecule has 0 atom stereocenters. The van der Waals surface area contributed by atoms with Gasteiger partial charge in [-0.25, -0.2) is 0 Å². The molecule has 0 radical (unpaired) electrons. The first kappa shape index (κ1) is 18.1. The summed E-state index contributed by atoms with van der Waals surface area (Å²) < 4.78 is 77.1. The number of rotatable bonds is 3. The summed E-state index contributed by atoms with van der Waals surface area (Å²) in [6, 6.07) is 8.72. The Bertz CT molecular complexity index is 738. The molecule has 1 N–H and O–H groups in total. The zero-order chi connectivity index (χ0) is 18.0. The number of nitrogens with one attached hydrogen (secondary N) is 1. The van der Waals surface area contributed by atoms with E-state index < -0.39 is 34.1 Å². The molecule has 9 heteroatoms. The largest absolute Gasteiger partial charge is 0.417 e. The standard InChI is InChI=1S/C15H9ClF6N2/c16-13-7-9(14(17,18)19)6-12(15(20,21)22)11(13)8-23-24-10-4-2-1-3-5-10/h1-8,24H. The molecule has 0 bridgehead atoms. The average molecular weight is 367 g/mol. The highest BCUT2D eigenvalue weighted by Gasteiger charge is 2.39. The Hall–Kier alpha value is -2.22. The van der Waals surface area contributed by atoms with Gasteiger partial charge in [0.1, 0.15) is 0 Å². The quantitative estimate of drug-likeness (QED) is 0.413. The molecule has 0 fully saturated rings. The number of para-hydroxylation sites is 1. The summed E-state index contributed by atoms with van der Waals surface area (Å²) in [6.07, 6.45) is -9.22. The fourth-order valence-electron chi connectivity index (χ4n) is 1.83. The SMILES string of the molecule is FC(F)(F)c1cc(Cl)c(C=NNc2ccccc2)c(C(F)(F)F)c1. The molecule has 0 aliphatic heterocycles. The fourth-order valence-corrected chi connectivity index (χ4v) is 2.10. The number of hydrogen-bond acceptors (Lipinski definition) is 2. The van der Waals surface area contributed by atoms with Crippen molar-refractivity contribution in [3.05, 3.63) is 64.2 Å². The summed E-state index contributed by atoms with van der Waals surface area (Å²) in [5.41, 5.74) is -0.688. The number of alkyl halides is 6. The van der Waals surface area contributed by atoms with Gasteiger partial charge in [-0.05, 0) is 24.3 Å². The maximum atomic E-state index is 13.0. The molecule has 24 heavy (non-hydrogen) atoms. The van der Waals surface area contributed by atoms with Crippen LogP contribution in [0.1, 0.15) is 16.7 Å². The Kier molecular flexibility index (Phi) is 5.08. The third-order valence-electron chi connectivity index (χ3n) is 2.92. The molecule has 0 aliphatic rings. The molecule has 2 rings (SSSR count). The smallest absolute Gasteiger partial charge is 0.279 e. The first-order valence-electron chi connectivity index (χ1n) is 6.41. The molecule has 0 heterocycles. The lowest BCUT2D eigenvalue weighted by Gasteiger charge is -2.15. The van der Waals surface area contributed by atoms with Crippen LogP contribution in [0, 0.1) is 0 Å². The number of hydrazone groups is 1. The number of benzene rings is 2. The van der Waals surface area contributed by atoms with Crippen LogP contribution in [0.4, 0.5) is 32.0 Å². The van der Waals surface area contributed by atoms with Crippen LogP contribution in [-0.4, -0.2) is 6.21 Å². The third-order valence-corrected chi connectivity index (χ3v) is 3.24. The van der Waals surface area contributed by atoms with E-state index >= 15 is 0 Å². The highest BCUT2D eigenvalue weighted by Crippen LogP contribution is 2.39. The van der Waals surface area contributed by atoms with E-state index in [1.807, 2.05) is 0 Å².